The molecule has 2 amide bonds. The third-order valence-electron chi connectivity index (χ3n) is 6.64. The third-order valence-corrected chi connectivity index (χ3v) is 11.7. The molecule has 0 saturated carbocycles. The molecule has 1 heterocycles. The van der Waals surface area contributed by atoms with Gasteiger partial charge in [-0.3, -0.25) is 0 Å². The predicted molar refractivity (Wildman–Crippen MR) is 175 cm³/mol. The Hall–Kier alpha value is -3.75. The molecule has 3 rings (SSSR count). The van der Waals surface area contributed by atoms with Crippen molar-refractivity contribution in [2.24, 2.45) is 0 Å². The Bertz CT molecular complexity index is 1320. The van der Waals surface area contributed by atoms with Crippen molar-refractivity contribution in [3.8, 4) is 0 Å². The normalized spacial score (nSPS) is 13.1. The number of carbonyl (C=O) groups is 2. The fourth-order valence-corrected chi connectivity index (χ4v) is 9.67. The molecule has 0 fully saturated rings. The quantitative estimate of drug-likeness (QED) is 0.192. The maximum Gasteiger partial charge on any atom is 0.425 e. The Balaban J connectivity index is 2.28. The highest BCUT2D eigenvalue weighted by Crippen LogP contribution is 2.42. The summed E-state index contributed by atoms with van der Waals surface area (Å²) < 4.78 is 18.8. The first kappa shape index (κ1) is 33.7. The van der Waals surface area contributed by atoms with Gasteiger partial charge in [0, 0.05) is 11.8 Å². The van der Waals surface area contributed by atoms with Crippen molar-refractivity contribution in [3.63, 3.8) is 0 Å². The van der Waals surface area contributed by atoms with E-state index in [0.29, 0.717) is 12.0 Å². The standard InChI is InChI=1S/C35H46N2O5Si/c1-11-19-29(42-43(35(8,9)10,26-20-14-12-15-21-26)27-22-16-13-17-23-27)28-24-18-25-36-30(28)37(31(38)40-33(2,3)4)32(39)41-34(5,6)7/h11-18,20-25,29H,1,19H2,2-10H3. The van der Waals surface area contributed by atoms with Gasteiger partial charge in [-0.2, -0.15) is 4.90 Å². The number of aromatic nitrogens is 1. The molecule has 1 unspecified atom stereocenters. The van der Waals surface area contributed by atoms with Gasteiger partial charge in [0.25, 0.3) is 8.32 Å². The highest BCUT2D eigenvalue weighted by atomic mass is 28.4. The van der Waals surface area contributed by atoms with Crippen LogP contribution in [-0.4, -0.2) is 36.7 Å². The van der Waals surface area contributed by atoms with Gasteiger partial charge in [0.2, 0.25) is 0 Å². The molecular formula is C35H46N2O5Si. The number of benzene rings is 2. The van der Waals surface area contributed by atoms with Crippen LogP contribution in [0.2, 0.25) is 5.04 Å². The van der Waals surface area contributed by atoms with Crippen LogP contribution in [-0.2, 0) is 13.9 Å². The second-order valence-corrected chi connectivity index (χ2v) is 17.8. The molecule has 43 heavy (non-hydrogen) atoms. The zero-order chi connectivity index (χ0) is 32.1. The van der Waals surface area contributed by atoms with E-state index in [4.69, 9.17) is 13.9 Å². The fourth-order valence-electron chi connectivity index (χ4n) is 5.00. The number of hydrogen-bond acceptors (Lipinski definition) is 6. The number of pyridine rings is 1. The Kier molecular flexibility index (Phi) is 10.4. The lowest BCUT2D eigenvalue weighted by atomic mass is 10.1. The zero-order valence-electron chi connectivity index (χ0n) is 27.0. The van der Waals surface area contributed by atoms with Crippen LogP contribution in [0.15, 0.2) is 91.6 Å². The smallest absolute Gasteiger partial charge is 0.425 e. The van der Waals surface area contributed by atoms with Crippen molar-refractivity contribution in [1.82, 2.24) is 4.98 Å². The summed E-state index contributed by atoms with van der Waals surface area (Å²) in [6.45, 7) is 21.1. The first-order valence-electron chi connectivity index (χ1n) is 14.6. The molecule has 0 spiro atoms. The molecule has 3 aromatic rings. The molecular weight excluding hydrogens is 556 g/mol. The highest BCUT2D eigenvalue weighted by Gasteiger charge is 2.52. The minimum absolute atomic E-state index is 0.0933. The van der Waals surface area contributed by atoms with Crippen molar-refractivity contribution < 1.29 is 23.5 Å². The van der Waals surface area contributed by atoms with E-state index in [0.717, 1.165) is 15.3 Å². The number of rotatable bonds is 8. The molecule has 7 nitrogen and oxygen atoms in total. The Labute approximate surface area is 258 Å². The minimum atomic E-state index is -3.05. The van der Waals surface area contributed by atoms with Crippen molar-refractivity contribution in [1.29, 1.82) is 0 Å². The van der Waals surface area contributed by atoms with Crippen molar-refractivity contribution in [2.45, 2.75) is 91.1 Å². The molecule has 0 N–H and O–H groups in total. The average Bonchev–Trinajstić information content (AvgIpc) is 2.90. The Morgan fingerprint density at radius 3 is 1.65 bits per heavy atom. The number of hydrogen-bond donors (Lipinski definition) is 0. The lowest BCUT2D eigenvalue weighted by Crippen LogP contribution is -2.66. The van der Waals surface area contributed by atoms with Gasteiger partial charge in [0.1, 0.15) is 11.2 Å². The lowest BCUT2D eigenvalue weighted by Gasteiger charge is -2.45. The Morgan fingerprint density at radius 1 is 0.791 bits per heavy atom. The van der Waals surface area contributed by atoms with E-state index < -0.39 is 37.8 Å². The second-order valence-electron chi connectivity index (χ2n) is 13.5. The number of ether oxygens (including phenoxy) is 2. The maximum absolute atomic E-state index is 13.6. The van der Waals surface area contributed by atoms with Crippen molar-refractivity contribution in [2.75, 3.05) is 4.90 Å². The molecule has 230 valence electrons. The molecule has 1 atom stereocenters. The van der Waals surface area contributed by atoms with E-state index in [2.05, 4.69) is 56.6 Å². The van der Waals surface area contributed by atoms with Crippen LogP contribution in [0.5, 0.6) is 0 Å². The largest absolute Gasteiger partial charge is 0.443 e. The van der Waals surface area contributed by atoms with Crippen LogP contribution < -0.4 is 15.3 Å². The van der Waals surface area contributed by atoms with Gasteiger partial charge >= 0.3 is 12.2 Å². The van der Waals surface area contributed by atoms with Gasteiger partial charge < -0.3 is 13.9 Å². The zero-order valence-corrected chi connectivity index (χ0v) is 28.0. The molecule has 0 saturated heterocycles. The fraction of sp³-hybridized carbons (Fsp3) is 0.400. The topological polar surface area (TPSA) is 78.0 Å². The number of nitrogens with zero attached hydrogens (tertiary/aromatic N) is 2. The van der Waals surface area contributed by atoms with Gasteiger partial charge in [0.15, 0.2) is 5.82 Å². The monoisotopic (exact) mass is 602 g/mol. The van der Waals surface area contributed by atoms with E-state index in [-0.39, 0.29) is 10.9 Å². The van der Waals surface area contributed by atoms with Gasteiger partial charge in [-0.05, 0) is 69.4 Å². The van der Waals surface area contributed by atoms with Crippen LogP contribution in [0.3, 0.4) is 0 Å². The van der Waals surface area contributed by atoms with Crippen molar-refractivity contribution in [3.05, 3.63) is 97.2 Å². The summed E-state index contributed by atoms with van der Waals surface area (Å²) >= 11 is 0. The summed E-state index contributed by atoms with van der Waals surface area (Å²) in [4.78, 5) is 32.7. The summed E-state index contributed by atoms with van der Waals surface area (Å²) in [5, 5.41) is 1.89. The van der Waals surface area contributed by atoms with E-state index in [1.165, 1.54) is 6.20 Å². The third kappa shape index (κ3) is 8.21. The number of anilines is 1. The Morgan fingerprint density at radius 2 is 1.26 bits per heavy atom. The second kappa shape index (κ2) is 13.3. The van der Waals surface area contributed by atoms with E-state index in [1.807, 2.05) is 42.5 Å². The van der Waals surface area contributed by atoms with E-state index >= 15 is 0 Å². The number of amides is 2. The maximum atomic E-state index is 13.6. The van der Waals surface area contributed by atoms with Crippen LogP contribution in [0, 0.1) is 0 Å². The van der Waals surface area contributed by atoms with Crippen LogP contribution in [0.4, 0.5) is 15.4 Å². The lowest BCUT2D eigenvalue weighted by molar-refractivity contribution is 0.0427. The van der Waals surface area contributed by atoms with E-state index in [9.17, 15) is 9.59 Å². The van der Waals surface area contributed by atoms with E-state index in [1.54, 1.807) is 53.7 Å². The molecule has 1 aromatic heterocycles. The van der Waals surface area contributed by atoms with Gasteiger partial charge in [0.05, 0.1) is 6.10 Å². The summed E-state index contributed by atoms with van der Waals surface area (Å²) in [7, 11) is -3.05. The SMILES string of the molecule is C=CCC(O[Si](c1ccccc1)(c1ccccc1)C(C)(C)C)c1cccnc1N(C(=O)OC(C)(C)C)C(=O)OC(C)(C)C. The molecule has 0 aliphatic carbocycles. The van der Waals surface area contributed by atoms with Crippen molar-refractivity contribution >= 4 is 36.7 Å². The summed E-state index contributed by atoms with van der Waals surface area (Å²) in [6, 6.07) is 24.2. The minimum Gasteiger partial charge on any atom is -0.443 e. The van der Waals surface area contributed by atoms with Gasteiger partial charge in [-0.15, -0.1) is 6.58 Å². The predicted octanol–water partition coefficient (Wildman–Crippen LogP) is 7.95. The molecule has 2 aromatic carbocycles. The number of carbonyl (C=O) groups excluding carboxylic acids is 2. The summed E-state index contributed by atoms with van der Waals surface area (Å²) in [5.41, 5.74) is -1.18. The molecule has 0 radical (unpaired) electrons. The molecule has 0 aliphatic rings. The molecule has 0 aliphatic heterocycles. The first-order valence-corrected chi connectivity index (χ1v) is 16.5. The van der Waals surface area contributed by atoms with Gasteiger partial charge in [-0.25, -0.2) is 14.6 Å². The van der Waals surface area contributed by atoms with Crippen LogP contribution in [0.1, 0.15) is 80.4 Å². The molecule has 8 heteroatoms. The summed E-state index contributed by atoms with van der Waals surface area (Å²) in [5.74, 6) is 0.0933. The van der Waals surface area contributed by atoms with Crippen LogP contribution in [0.25, 0.3) is 0 Å². The van der Waals surface area contributed by atoms with Crippen LogP contribution >= 0.6 is 0 Å². The van der Waals surface area contributed by atoms with Gasteiger partial charge in [-0.1, -0.05) is 93.6 Å². The number of imide groups is 1. The summed E-state index contributed by atoms with van der Waals surface area (Å²) in [6.07, 6.45) is 1.34. The average molecular weight is 603 g/mol. The first-order chi connectivity index (χ1) is 20.0. The highest BCUT2D eigenvalue weighted by molar-refractivity contribution is 6.99. The molecule has 0 bridgehead atoms.